The first-order valence-electron chi connectivity index (χ1n) is 6.15. The van der Waals surface area contributed by atoms with Crippen molar-refractivity contribution in [1.29, 1.82) is 0 Å². The first kappa shape index (κ1) is 11.6. The van der Waals surface area contributed by atoms with Crippen molar-refractivity contribution in [3.05, 3.63) is 0 Å². The van der Waals surface area contributed by atoms with E-state index >= 15 is 0 Å². The summed E-state index contributed by atoms with van der Waals surface area (Å²) in [6, 6.07) is 0. The first-order chi connectivity index (χ1) is 7.69. The van der Waals surface area contributed by atoms with E-state index in [0.717, 1.165) is 19.3 Å². The highest BCUT2D eigenvalue weighted by molar-refractivity contribution is 6.08. The molecule has 0 aromatic heterocycles. The number of aliphatic hydroxyl groups is 1. The van der Waals surface area contributed by atoms with E-state index in [2.05, 4.69) is 6.92 Å². The minimum Gasteiger partial charge on any atom is -0.396 e. The number of hydrogen-bond donors (Lipinski definition) is 1. The maximum absolute atomic E-state index is 11.7. The monoisotopic (exact) mass is 225 g/mol. The summed E-state index contributed by atoms with van der Waals surface area (Å²) in [7, 11) is 0. The second kappa shape index (κ2) is 4.53. The Kier molecular flexibility index (Phi) is 3.28. The summed E-state index contributed by atoms with van der Waals surface area (Å²) in [6.07, 6.45) is 3.44. The van der Waals surface area contributed by atoms with Gasteiger partial charge in [-0.3, -0.25) is 14.5 Å². The Hall–Kier alpha value is -0.900. The maximum atomic E-state index is 11.7. The van der Waals surface area contributed by atoms with Gasteiger partial charge in [-0.25, -0.2) is 0 Å². The number of imide groups is 1. The number of likely N-dealkylation sites (tertiary alicyclic amines) is 1. The van der Waals surface area contributed by atoms with Crippen LogP contribution in [0.15, 0.2) is 0 Å². The molecule has 1 saturated carbocycles. The Morgan fingerprint density at radius 1 is 1.31 bits per heavy atom. The van der Waals surface area contributed by atoms with Gasteiger partial charge in [0.05, 0.1) is 11.8 Å². The number of aliphatic hydroxyl groups excluding tert-OH is 1. The Labute approximate surface area is 95.6 Å². The molecular weight excluding hydrogens is 206 g/mol. The fraction of sp³-hybridized carbons (Fsp3) is 0.833. The molecule has 4 nitrogen and oxygen atoms in total. The second-order valence-corrected chi connectivity index (χ2v) is 4.90. The lowest BCUT2D eigenvalue weighted by Gasteiger charge is -2.23. The Morgan fingerprint density at radius 3 is 2.44 bits per heavy atom. The third-order valence-electron chi connectivity index (χ3n) is 3.63. The quantitative estimate of drug-likeness (QED) is 0.680. The summed E-state index contributed by atoms with van der Waals surface area (Å²) in [5, 5.41) is 8.94. The molecule has 0 aromatic rings. The average Bonchev–Trinajstić information content (AvgIpc) is 3.00. The van der Waals surface area contributed by atoms with E-state index in [-0.39, 0.29) is 36.2 Å². The van der Waals surface area contributed by atoms with Crippen molar-refractivity contribution in [2.24, 2.45) is 17.8 Å². The molecule has 1 N–H and O–H groups in total. The minimum atomic E-state index is 0.00361. The number of nitrogens with zero attached hydrogens (tertiary/aromatic N) is 1. The number of carbonyl (C=O) groups excluding carboxylic acids is 2. The van der Waals surface area contributed by atoms with Crippen molar-refractivity contribution in [2.75, 3.05) is 13.2 Å². The van der Waals surface area contributed by atoms with Crippen LogP contribution in [0.3, 0.4) is 0 Å². The molecule has 90 valence electrons. The minimum absolute atomic E-state index is 0.00361. The normalized spacial score (nSPS) is 29.5. The highest BCUT2D eigenvalue weighted by atomic mass is 16.3. The van der Waals surface area contributed by atoms with E-state index in [4.69, 9.17) is 5.11 Å². The number of fused-ring (bicyclic) bond motifs is 1. The zero-order valence-corrected chi connectivity index (χ0v) is 9.69. The number of rotatable bonds is 6. The van der Waals surface area contributed by atoms with Gasteiger partial charge >= 0.3 is 0 Å². The zero-order chi connectivity index (χ0) is 11.7. The van der Waals surface area contributed by atoms with Gasteiger partial charge in [0.15, 0.2) is 0 Å². The fourth-order valence-corrected chi connectivity index (χ4v) is 2.61. The molecule has 0 bridgehead atoms. The van der Waals surface area contributed by atoms with E-state index in [0.29, 0.717) is 13.0 Å². The first-order valence-corrected chi connectivity index (χ1v) is 6.15. The molecule has 1 saturated heterocycles. The molecule has 0 radical (unpaired) electrons. The van der Waals surface area contributed by atoms with Crippen molar-refractivity contribution in [3.8, 4) is 0 Å². The van der Waals surface area contributed by atoms with Gasteiger partial charge < -0.3 is 5.11 Å². The second-order valence-electron chi connectivity index (χ2n) is 4.90. The van der Waals surface area contributed by atoms with E-state index in [1.165, 1.54) is 4.90 Å². The van der Waals surface area contributed by atoms with E-state index in [9.17, 15) is 9.59 Å². The molecule has 3 unspecified atom stereocenters. The van der Waals surface area contributed by atoms with Gasteiger partial charge in [-0.1, -0.05) is 13.3 Å². The average molecular weight is 225 g/mol. The molecule has 16 heavy (non-hydrogen) atoms. The van der Waals surface area contributed by atoms with Crippen molar-refractivity contribution in [1.82, 2.24) is 4.90 Å². The summed E-state index contributed by atoms with van der Waals surface area (Å²) >= 11 is 0. The van der Waals surface area contributed by atoms with E-state index < -0.39 is 0 Å². The summed E-state index contributed by atoms with van der Waals surface area (Å²) in [5.74, 6) is 0.316. The SMILES string of the molecule is CCCC(CCO)CN1C(=O)C2CC2C1=O. The van der Waals surface area contributed by atoms with Crippen molar-refractivity contribution >= 4 is 11.8 Å². The molecule has 4 heteroatoms. The fourth-order valence-electron chi connectivity index (χ4n) is 2.61. The molecule has 0 aromatic carbocycles. The van der Waals surface area contributed by atoms with E-state index in [1.807, 2.05) is 0 Å². The third kappa shape index (κ3) is 1.98. The van der Waals surface area contributed by atoms with Crippen LogP contribution in [0.5, 0.6) is 0 Å². The molecule has 3 atom stereocenters. The third-order valence-corrected chi connectivity index (χ3v) is 3.63. The van der Waals surface area contributed by atoms with Crippen LogP contribution in [0.2, 0.25) is 0 Å². The van der Waals surface area contributed by atoms with Crippen LogP contribution in [0.4, 0.5) is 0 Å². The predicted octanol–water partition coefficient (Wildman–Crippen LogP) is 0.790. The summed E-state index contributed by atoms with van der Waals surface area (Å²) < 4.78 is 0. The number of carbonyl (C=O) groups is 2. The lowest BCUT2D eigenvalue weighted by Crippen LogP contribution is -2.37. The topological polar surface area (TPSA) is 57.6 Å². The van der Waals surface area contributed by atoms with Crippen LogP contribution >= 0.6 is 0 Å². The number of hydrogen-bond acceptors (Lipinski definition) is 3. The van der Waals surface area contributed by atoms with Crippen LogP contribution in [-0.4, -0.2) is 35.0 Å². The summed E-state index contributed by atoms with van der Waals surface area (Å²) in [5.41, 5.74) is 0. The molecule has 1 aliphatic heterocycles. The van der Waals surface area contributed by atoms with Crippen LogP contribution in [-0.2, 0) is 9.59 Å². The Bertz CT molecular complexity index is 277. The largest absolute Gasteiger partial charge is 0.396 e. The molecule has 2 aliphatic rings. The van der Waals surface area contributed by atoms with Crippen LogP contribution < -0.4 is 0 Å². The van der Waals surface area contributed by atoms with Gasteiger partial charge in [-0.15, -0.1) is 0 Å². The van der Waals surface area contributed by atoms with Gasteiger partial charge in [0, 0.05) is 13.2 Å². The summed E-state index contributed by atoms with van der Waals surface area (Å²) in [4.78, 5) is 24.9. The Balaban J connectivity index is 1.92. The highest BCUT2D eigenvalue weighted by Gasteiger charge is 2.58. The molecule has 2 amide bonds. The zero-order valence-electron chi connectivity index (χ0n) is 9.69. The molecular formula is C12H19NO3. The highest BCUT2D eigenvalue weighted by Crippen LogP contribution is 2.47. The van der Waals surface area contributed by atoms with E-state index in [1.54, 1.807) is 0 Å². The smallest absolute Gasteiger partial charge is 0.233 e. The number of piperidine rings is 1. The van der Waals surface area contributed by atoms with Gasteiger partial charge in [0.25, 0.3) is 0 Å². The van der Waals surface area contributed by atoms with Crippen LogP contribution in [0, 0.1) is 17.8 Å². The molecule has 1 heterocycles. The standard InChI is InChI=1S/C12H19NO3/c1-2-3-8(4-5-14)7-13-11(15)9-6-10(9)12(13)16/h8-10,14H,2-7H2,1H3. The van der Waals surface area contributed by atoms with Crippen LogP contribution in [0.1, 0.15) is 32.6 Å². The molecule has 0 spiro atoms. The summed E-state index contributed by atoms with van der Waals surface area (Å²) in [6.45, 7) is 2.72. The van der Waals surface area contributed by atoms with Gasteiger partial charge in [0.2, 0.25) is 11.8 Å². The van der Waals surface area contributed by atoms with Crippen LogP contribution in [0.25, 0.3) is 0 Å². The van der Waals surface area contributed by atoms with Crippen molar-refractivity contribution < 1.29 is 14.7 Å². The molecule has 2 rings (SSSR count). The predicted molar refractivity (Wildman–Crippen MR) is 58.4 cm³/mol. The molecule has 1 aliphatic carbocycles. The molecule has 2 fully saturated rings. The lowest BCUT2D eigenvalue weighted by molar-refractivity contribution is -0.142. The van der Waals surface area contributed by atoms with Gasteiger partial charge in [0.1, 0.15) is 0 Å². The number of amides is 2. The van der Waals surface area contributed by atoms with Crippen molar-refractivity contribution in [3.63, 3.8) is 0 Å². The van der Waals surface area contributed by atoms with Crippen molar-refractivity contribution in [2.45, 2.75) is 32.6 Å². The maximum Gasteiger partial charge on any atom is 0.233 e. The van der Waals surface area contributed by atoms with Gasteiger partial charge in [-0.05, 0) is 25.2 Å². The lowest BCUT2D eigenvalue weighted by atomic mass is 9.99. The Morgan fingerprint density at radius 2 is 1.94 bits per heavy atom. The van der Waals surface area contributed by atoms with Gasteiger partial charge in [-0.2, -0.15) is 0 Å².